The van der Waals surface area contributed by atoms with E-state index in [1.807, 2.05) is 54.6 Å². The van der Waals surface area contributed by atoms with Gasteiger partial charge in [0, 0.05) is 36.7 Å². The van der Waals surface area contributed by atoms with E-state index in [2.05, 4.69) is 165 Å². The molecule has 0 amide bonds. The molecule has 1 radical (unpaired) electrons. The first-order valence-corrected chi connectivity index (χ1v) is 28.8. The minimum atomic E-state index is -1.86. The number of aromatic nitrogens is 4. The maximum Gasteiger partial charge on any atom is 0.216 e. The van der Waals surface area contributed by atoms with Crippen LogP contribution in [0.1, 0.15) is 30.5 Å². The summed E-state index contributed by atoms with van der Waals surface area (Å²) >= 11 is -1.86. The Morgan fingerprint density at radius 2 is 1.33 bits per heavy atom. The van der Waals surface area contributed by atoms with Gasteiger partial charge in [-0.25, -0.2) is 4.98 Å². The zero-order chi connectivity index (χ0) is 43.0. The molecule has 63 heavy (non-hydrogen) atoms. The van der Waals surface area contributed by atoms with Crippen LogP contribution in [0.25, 0.3) is 83.8 Å². The molecule has 10 aromatic rings. The summed E-state index contributed by atoms with van der Waals surface area (Å²) in [5.41, 5.74) is 15.5. The normalized spacial score (nSPS) is 11.5. The number of hydrogen-bond donors (Lipinski definition) is 0. The Bertz CT molecular complexity index is 3160. The minimum Gasteiger partial charge on any atom is -0.486 e. The fourth-order valence-corrected chi connectivity index (χ4v) is 11.9. The van der Waals surface area contributed by atoms with Gasteiger partial charge in [-0.2, -0.15) is 0 Å². The summed E-state index contributed by atoms with van der Waals surface area (Å²) in [5.74, 6) is 8.79. The molecule has 0 spiro atoms. The molecule has 4 aromatic heterocycles. The van der Waals surface area contributed by atoms with Crippen LogP contribution in [0.2, 0.25) is 17.3 Å². The van der Waals surface area contributed by atoms with Crippen molar-refractivity contribution in [2.75, 3.05) is 0 Å². The molecule has 0 unspecified atom stereocenters. The monoisotopic (exact) mass is 1060 g/mol. The van der Waals surface area contributed by atoms with E-state index in [0.29, 0.717) is 11.6 Å². The van der Waals surface area contributed by atoms with E-state index in [9.17, 15) is 0 Å². The molecular weight excluding hydrogens is 1010 g/mol. The van der Waals surface area contributed by atoms with E-state index in [1.54, 1.807) is 4.40 Å². The van der Waals surface area contributed by atoms with Crippen molar-refractivity contribution in [3.05, 3.63) is 187 Å². The second-order valence-electron chi connectivity index (χ2n) is 17.5. The summed E-state index contributed by atoms with van der Waals surface area (Å²) in [6.45, 7) is 8.92. The fourth-order valence-electron chi connectivity index (χ4n) is 8.56. The Balaban J connectivity index is 0.000000219. The molecule has 0 aliphatic heterocycles. The predicted octanol–water partition coefficient (Wildman–Crippen LogP) is 14.0. The number of hydrogen-bond acceptors (Lipinski definition) is 4. The molecule has 6 aromatic carbocycles. The number of rotatable bonds is 8. The van der Waals surface area contributed by atoms with E-state index in [-0.39, 0.29) is 20.1 Å². The molecule has 0 saturated heterocycles. The molecule has 7 heteroatoms. The molecule has 0 N–H and O–H groups in total. The van der Waals surface area contributed by atoms with Crippen LogP contribution >= 0.6 is 0 Å². The van der Waals surface area contributed by atoms with Crippen LogP contribution in [0.4, 0.5) is 0 Å². The summed E-state index contributed by atoms with van der Waals surface area (Å²) in [6, 6.07) is 58.8. The molecular formula is C56H50GeIrN4O-2. The van der Waals surface area contributed by atoms with Crippen molar-refractivity contribution in [3.63, 3.8) is 0 Å². The number of imidazole rings is 1. The van der Waals surface area contributed by atoms with E-state index < -0.39 is 13.3 Å². The summed E-state index contributed by atoms with van der Waals surface area (Å²) in [7, 11) is 0. The Labute approximate surface area is 387 Å². The summed E-state index contributed by atoms with van der Waals surface area (Å²) in [5, 5.41) is 1.97. The third-order valence-electron chi connectivity index (χ3n) is 11.4. The van der Waals surface area contributed by atoms with E-state index in [4.69, 9.17) is 19.4 Å². The van der Waals surface area contributed by atoms with Crippen molar-refractivity contribution >= 4 is 50.8 Å². The van der Waals surface area contributed by atoms with Gasteiger partial charge in [0.15, 0.2) is 0 Å². The van der Waals surface area contributed by atoms with Crippen molar-refractivity contribution in [2.24, 2.45) is 5.92 Å². The number of nitrogens with zero attached hydrogens (tertiary/aromatic N) is 4. The smallest absolute Gasteiger partial charge is 0.216 e. The molecule has 0 atom stereocenters. The first-order chi connectivity index (χ1) is 30.0. The molecule has 5 nitrogen and oxygen atoms in total. The van der Waals surface area contributed by atoms with Crippen LogP contribution in [0.5, 0.6) is 0 Å². The SMILES string of the molecule is CC(C)Cc1cc(-c2[c-]cccc2)nc[c]1[Ge]([CH3])([CH3])[CH3].Cc1cc(-c2ccccc2)cc(C)c1-n1c(-c2[c-]ccc3c2oc2nc(-c4ccccc4)ccc23)nc2ccccc21.[Ir]. The molecule has 0 aliphatic carbocycles. The second kappa shape index (κ2) is 18.4. The first kappa shape index (κ1) is 43.7. The van der Waals surface area contributed by atoms with E-state index in [1.165, 1.54) is 27.8 Å². The predicted molar refractivity (Wildman–Crippen MR) is 261 cm³/mol. The minimum absolute atomic E-state index is 0. The summed E-state index contributed by atoms with van der Waals surface area (Å²) < 4.78 is 10.3. The standard InChI is InChI=1S/C38H26N3O.C18H24GeN.Ir/c1-24-22-28(26-12-5-3-6-13-26)23-25(2)35(24)41-34-19-10-9-18-33(34)39-37(41)31-17-11-16-29-30-20-21-32(27-14-7-4-8-15-27)40-38(30)42-36(29)31;1-14(2)11-16-12-18(15-9-7-6-8-10-15)20-13-17(16)19(3,4)5;/h3-16,18-23H,1-2H3;6-9,12-14H,11H2,1-5H3;/q2*-1;. The Morgan fingerprint density at radius 1 is 0.651 bits per heavy atom. The van der Waals surface area contributed by atoms with Crippen molar-refractivity contribution in [1.29, 1.82) is 0 Å². The maximum absolute atomic E-state index is 6.53. The van der Waals surface area contributed by atoms with Gasteiger partial charge in [0.1, 0.15) is 0 Å². The number of furan rings is 1. The van der Waals surface area contributed by atoms with Gasteiger partial charge in [0.2, 0.25) is 5.71 Å². The third-order valence-corrected chi connectivity index (χ3v) is 15.7. The maximum atomic E-state index is 6.53. The van der Waals surface area contributed by atoms with Crippen LogP contribution in [-0.2, 0) is 26.5 Å². The average Bonchev–Trinajstić information content (AvgIpc) is 3.85. The van der Waals surface area contributed by atoms with Gasteiger partial charge in [-0.1, -0.05) is 83.7 Å². The Kier molecular flexibility index (Phi) is 12.8. The summed E-state index contributed by atoms with van der Waals surface area (Å²) in [6.07, 6.45) is 3.27. The van der Waals surface area contributed by atoms with Gasteiger partial charge in [-0.15, -0.1) is 18.2 Å². The van der Waals surface area contributed by atoms with Gasteiger partial charge >= 0.3 is 126 Å². The number of benzene rings is 6. The van der Waals surface area contributed by atoms with E-state index in [0.717, 1.165) is 73.4 Å². The largest absolute Gasteiger partial charge is 0.486 e. The fraction of sp³-hybridized carbons (Fsp3) is 0.161. The Hall–Kier alpha value is -5.92. The van der Waals surface area contributed by atoms with E-state index >= 15 is 0 Å². The first-order valence-electron chi connectivity index (χ1n) is 21.4. The van der Waals surface area contributed by atoms with Gasteiger partial charge in [0.25, 0.3) is 0 Å². The van der Waals surface area contributed by atoms with Gasteiger partial charge in [-0.05, 0) is 72.5 Å². The number of pyridine rings is 2. The van der Waals surface area contributed by atoms with Crippen molar-refractivity contribution in [2.45, 2.75) is 51.4 Å². The van der Waals surface area contributed by atoms with Crippen LogP contribution in [0, 0.1) is 31.9 Å². The van der Waals surface area contributed by atoms with Crippen LogP contribution in [0.15, 0.2) is 162 Å². The quantitative estimate of drug-likeness (QED) is 0.112. The number of aryl methyl sites for hydroxylation is 2. The molecule has 0 saturated carbocycles. The molecule has 4 heterocycles. The average molecular weight is 1060 g/mol. The van der Waals surface area contributed by atoms with Crippen molar-refractivity contribution in [1.82, 2.24) is 19.5 Å². The van der Waals surface area contributed by atoms with Gasteiger partial charge in [-0.3, -0.25) is 4.98 Å². The molecule has 0 aliphatic rings. The van der Waals surface area contributed by atoms with Crippen molar-refractivity contribution in [3.8, 4) is 50.7 Å². The van der Waals surface area contributed by atoms with Crippen LogP contribution < -0.4 is 4.40 Å². The second-order valence-corrected chi connectivity index (χ2v) is 28.1. The third kappa shape index (κ3) is 8.99. The number of fused-ring (bicyclic) bond motifs is 4. The molecule has 0 fully saturated rings. The molecule has 0 bridgehead atoms. The number of para-hydroxylation sites is 2. The molecule has 10 rings (SSSR count). The zero-order valence-corrected chi connectivity index (χ0v) is 41.3. The zero-order valence-electron chi connectivity index (χ0n) is 36.8. The summed E-state index contributed by atoms with van der Waals surface area (Å²) in [4.78, 5) is 14.8. The van der Waals surface area contributed by atoms with Crippen LogP contribution in [0.3, 0.4) is 0 Å². The van der Waals surface area contributed by atoms with Crippen LogP contribution in [-0.4, -0.2) is 32.8 Å². The Morgan fingerprint density at radius 3 is 2.02 bits per heavy atom. The van der Waals surface area contributed by atoms with Gasteiger partial charge in [0.05, 0.1) is 28.1 Å². The van der Waals surface area contributed by atoms with Gasteiger partial charge < -0.3 is 8.98 Å². The topological polar surface area (TPSA) is 56.7 Å². The molecule has 315 valence electrons. The van der Waals surface area contributed by atoms with Crippen molar-refractivity contribution < 1.29 is 24.5 Å².